The first-order valence-corrected chi connectivity index (χ1v) is 5.36. The number of hydrogen-bond donors (Lipinski definition) is 0. The molecule has 0 aliphatic carbocycles. The van der Waals surface area contributed by atoms with Crippen LogP contribution in [-0.2, 0) is 0 Å². The smallest absolute Gasteiger partial charge is 0.162 e. The Morgan fingerprint density at radius 1 is 1.00 bits per heavy atom. The molecule has 0 saturated carbocycles. The highest BCUT2D eigenvalue weighted by molar-refractivity contribution is 5.56. The summed E-state index contributed by atoms with van der Waals surface area (Å²) >= 11 is 0. The van der Waals surface area contributed by atoms with Crippen molar-refractivity contribution in [3.8, 4) is 11.4 Å². The summed E-state index contributed by atoms with van der Waals surface area (Å²) in [5, 5.41) is 0. The third-order valence-corrected chi connectivity index (χ3v) is 2.52. The molecule has 0 atom stereocenters. The number of halogens is 2. The largest absolute Gasteiger partial charge is 0.236 e. The lowest BCUT2D eigenvalue weighted by atomic mass is 10.00. The molecule has 0 spiro atoms. The van der Waals surface area contributed by atoms with Gasteiger partial charge in [0.1, 0.15) is 11.6 Å². The van der Waals surface area contributed by atoms with Crippen LogP contribution in [0.5, 0.6) is 0 Å². The van der Waals surface area contributed by atoms with Crippen molar-refractivity contribution in [2.75, 3.05) is 0 Å². The van der Waals surface area contributed by atoms with Gasteiger partial charge in [-0.15, -0.1) is 0 Å². The number of nitrogens with zero attached hydrogens (tertiary/aromatic N) is 2. The van der Waals surface area contributed by atoms with Crippen molar-refractivity contribution >= 4 is 0 Å². The number of aromatic nitrogens is 2. The Morgan fingerprint density at radius 3 is 2.24 bits per heavy atom. The lowest BCUT2D eigenvalue weighted by molar-refractivity contribution is 0.577. The Morgan fingerprint density at radius 2 is 1.65 bits per heavy atom. The predicted octanol–water partition coefficient (Wildman–Crippen LogP) is 3.55. The van der Waals surface area contributed by atoms with Crippen LogP contribution < -0.4 is 0 Å². The van der Waals surface area contributed by atoms with Crippen LogP contribution in [0.1, 0.15) is 25.3 Å². The monoisotopic (exact) mass is 234 g/mol. The zero-order valence-electron chi connectivity index (χ0n) is 9.61. The van der Waals surface area contributed by atoms with Gasteiger partial charge in [0.2, 0.25) is 0 Å². The van der Waals surface area contributed by atoms with Gasteiger partial charge in [0.15, 0.2) is 5.82 Å². The van der Waals surface area contributed by atoms with Crippen molar-refractivity contribution < 1.29 is 8.78 Å². The predicted molar refractivity (Wildman–Crippen MR) is 61.5 cm³/mol. The van der Waals surface area contributed by atoms with E-state index in [1.807, 2.05) is 13.8 Å². The number of rotatable bonds is 2. The van der Waals surface area contributed by atoms with Crippen LogP contribution in [0.15, 0.2) is 30.6 Å². The molecule has 2 aromatic rings. The molecule has 1 heterocycles. The second kappa shape index (κ2) is 4.57. The maximum absolute atomic E-state index is 13.8. The maximum Gasteiger partial charge on any atom is 0.162 e. The maximum atomic E-state index is 13.8. The van der Waals surface area contributed by atoms with Crippen LogP contribution in [0.4, 0.5) is 8.78 Å². The van der Waals surface area contributed by atoms with Gasteiger partial charge in [0, 0.05) is 12.4 Å². The third kappa shape index (κ3) is 2.30. The van der Waals surface area contributed by atoms with E-state index < -0.39 is 11.6 Å². The first-order valence-electron chi connectivity index (χ1n) is 5.36. The van der Waals surface area contributed by atoms with Gasteiger partial charge < -0.3 is 0 Å². The van der Waals surface area contributed by atoms with E-state index >= 15 is 0 Å². The quantitative estimate of drug-likeness (QED) is 0.794. The summed E-state index contributed by atoms with van der Waals surface area (Å²) < 4.78 is 27.6. The SMILES string of the molecule is CC(C)c1cc(F)c(-c2ncccn2)cc1F. The van der Waals surface area contributed by atoms with Gasteiger partial charge >= 0.3 is 0 Å². The molecule has 0 amide bonds. The second-order valence-electron chi connectivity index (χ2n) is 4.08. The highest BCUT2D eigenvalue weighted by Crippen LogP contribution is 2.26. The van der Waals surface area contributed by atoms with Crippen LogP contribution in [0.2, 0.25) is 0 Å². The lowest BCUT2D eigenvalue weighted by Gasteiger charge is -2.09. The summed E-state index contributed by atoms with van der Waals surface area (Å²) in [5.41, 5.74) is 0.453. The van der Waals surface area contributed by atoms with Crippen molar-refractivity contribution in [3.05, 3.63) is 47.8 Å². The van der Waals surface area contributed by atoms with E-state index in [-0.39, 0.29) is 17.3 Å². The van der Waals surface area contributed by atoms with Gasteiger partial charge in [-0.2, -0.15) is 0 Å². The summed E-state index contributed by atoms with van der Waals surface area (Å²) in [6, 6.07) is 3.99. The second-order valence-corrected chi connectivity index (χ2v) is 4.08. The zero-order valence-corrected chi connectivity index (χ0v) is 9.61. The fraction of sp³-hybridized carbons (Fsp3) is 0.231. The van der Waals surface area contributed by atoms with Gasteiger partial charge in [-0.3, -0.25) is 0 Å². The lowest BCUT2D eigenvalue weighted by Crippen LogP contribution is -1.98. The minimum Gasteiger partial charge on any atom is -0.236 e. The fourth-order valence-electron chi connectivity index (χ4n) is 1.61. The molecule has 4 heteroatoms. The average molecular weight is 234 g/mol. The normalized spacial score (nSPS) is 10.9. The Bertz CT molecular complexity index is 524. The summed E-state index contributed by atoms with van der Waals surface area (Å²) in [6.07, 6.45) is 2.99. The van der Waals surface area contributed by atoms with E-state index in [1.54, 1.807) is 6.07 Å². The molecule has 17 heavy (non-hydrogen) atoms. The average Bonchev–Trinajstić information content (AvgIpc) is 2.32. The molecule has 0 unspecified atom stereocenters. The van der Waals surface area contributed by atoms with Crippen LogP contribution in [0.25, 0.3) is 11.4 Å². The van der Waals surface area contributed by atoms with E-state index in [4.69, 9.17) is 0 Å². The standard InChI is InChI=1S/C13H12F2N2/c1-8(2)9-6-12(15)10(7-11(9)14)13-16-4-3-5-17-13/h3-8H,1-2H3. The Balaban J connectivity index is 2.55. The third-order valence-electron chi connectivity index (χ3n) is 2.52. The van der Waals surface area contributed by atoms with E-state index in [9.17, 15) is 8.78 Å². The molecule has 88 valence electrons. The summed E-state index contributed by atoms with van der Waals surface area (Å²) in [5.74, 6) is -0.792. The molecular formula is C13H12F2N2. The molecular weight excluding hydrogens is 222 g/mol. The number of hydrogen-bond acceptors (Lipinski definition) is 2. The molecule has 0 fully saturated rings. The molecule has 0 saturated heterocycles. The number of benzene rings is 1. The Labute approximate surface area is 98.4 Å². The van der Waals surface area contributed by atoms with Crippen molar-refractivity contribution in [1.82, 2.24) is 9.97 Å². The topological polar surface area (TPSA) is 25.8 Å². The zero-order chi connectivity index (χ0) is 12.4. The van der Waals surface area contributed by atoms with Gasteiger partial charge in [-0.1, -0.05) is 13.8 Å². The van der Waals surface area contributed by atoms with Crippen molar-refractivity contribution in [3.63, 3.8) is 0 Å². The molecule has 0 aliphatic rings. The molecule has 0 N–H and O–H groups in total. The Kier molecular flexibility index (Phi) is 3.13. The fourth-order valence-corrected chi connectivity index (χ4v) is 1.61. The minimum atomic E-state index is -0.499. The van der Waals surface area contributed by atoms with Gasteiger partial charge in [-0.25, -0.2) is 18.7 Å². The van der Waals surface area contributed by atoms with Crippen LogP contribution >= 0.6 is 0 Å². The van der Waals surface area contributed by atoms with Crippen LogP contribution in [0, 0.1) is 11.6 Å². The molecule has 2 nitrogen and oxygen atoms in total. The molecule has 1 aromatic heterocycles. The highest BCUT2D eigenvalue weighted by Gasteiger charge is 2.14. The highest BCUT2D eigenvalue weighted by atomic mass is 19.1. The molecule has 2 rings (SSSR count). The van der Waals surface area contributed by atoms with E-state index in [0.29, 0.717) is 5.56 Å². The summed E-state index contributed by atoms with van der Waals surface area (Å²) in [6.45, 7) is 3.63. The van der Waals surface area contributed by atoms with E-state index in [1.165, 1.54) is 18.5 Å². The molecule has 0 radical (unpaired) electrons. The van der Waals surface area contributed by atoms with Crippen LogP contribution in [0.3, 0.4) is 0 Å². The molecule has 1 aromatic carbocycles. The van der Waals surface area contributed by atoms with E-state index in [0.717, 1.165) is 6.07 Å². The Hall–Kier alpha value is -1.84. The molecule has 0 bridgehead atoms. The van der Waals surface area contributed by atoms with Crippen molar-refractivity contribution in [2.24, 2.45) is 0 Å². The molecule has 0 aliphatic heterocycles. The first-order chi connectivity index (χ1) is 8.09. The van der Waals surface area contributed by atoms with E-state index in [2.05, 4.69) is 9.97 Å². The summed E-state index contributed by atoms with van der Waals surface area (Å²) in [4.78, 5) is 7.82. The summed E-state index contributed by atoms with van der Waals surface area (Å²) in [7, 11) is 0. The van der Waals surface area contributed by atoms with Crippen molar-refractivity contribution in [2.45, 2.75) is 19.8 Å². The van der Waals surface area contributed by atoms with Gasteiger partial charge in [0.05, 0.1) is 5.56 Å². The van der Waals surface area contributed by atoms with Gasteiger partial charge in [-0.05, 0) is 29.7 Å². The van der Waals surface area contributed by atoms with Gasteiger partial charge in [0.25, 0.3) is 0 Å². The first kappa shape index (κ1) is 11.6. The van der Waals surface area contributed by atoms with Crippen molar-refractivity contribution in [1.29, 1.82) is 0 Å². The minimum absolute atomic E-state index is 0.0600. The van der Waals surface area contributed by atoms with Crippen LogP contribution in [-0.4, -0.2) is 9.97 Å².